The van der Waals surface area contributed by atoms with Crippen LogP contribution in [0.15, 0.2) is 30.3 Å². The second kappa shape index (κ2) is 7.33. The minimum Gasteiger partial charge on any atom is -0.496 e. The molecular weight excluding hydrogens is 278 g/mol. The van der Waals surface area contributed by atoms with Gasteiger partial charge in [0.15, 0.2) is 0 Å². The normalized spacial score (nSPS) is 11.8. The highest BCUT2D eigenvalue weighted by Gasteiger charge is 2.11. The summed E-state index contributed by atoms with van der Waals surface area (Å²) in [5.41, 5.74) is 6.78. The summed E-state index contributed by atoms with van der Waals surface area (Å²) in [7, 11) is 3.29. The van der Waals surface area contributed by atoms with Crippen molar-refractivity contribution in [2.75, 3.05) is 20.8 Å². The summed E-state index contributed by atoms with van der Waals surface area (Å²) < 4.78 is 10.8. The van der Waals surface area contributed by atoms with Crippen molar-refractivity contribution in [2.24, 2.45) is 5.73 Å². The van der Waals surface area contributed by atoms with Crippen molar-refractivity contribution in [2.45, 2.75) is 12.5 Å². The molecule has 2 rings (SSSR count). The standard InChI is InChI=1S/C15H19NO3.ClH/c1-18-14-5-3-4-10-8-15(19-2)11(7-13(10)14)6-12(16)9-17;/h3-5,7-8,12,17H,6,9,16H2,1-2H3;1H. The molecule has 0 heterocycles. The van der Waals surface area contributed by atoms with Gasteiger partial charge >= 0.3 is 0 Å². The van der Waals surface area contributed by atoms with E-state index in [0.29, 0.717) is 6.42 Å². The molecule has 0 aliphatic carbocycles. The molecular formula is C15H20ClNO3. The molecule has 0 fully saturated rings. The van der Waals surface area contributed by atoms with Gasteiger partial charge in [0.05, 0.1) is 20.8 Å². The van der Waals surface area contributed by atoms with Crippen LogP contribution in [0.25, 0.3) is 10.8 Å². The van der Waals surface area contributed by atoms with Gasteiger partial charge in [0.1, 0.15) is 11.5 Å². The van der Waals surface area contributed by atoms with E-state index >= 15 is 0 Å². The van der Waals surface area contributed by atoms with Gasteiger partial charge in [-0.3, -0.25) is 0 Å². The van der Waals surface area contributed by atoms with Gasteiger partial charge in [-0.25, -0.2) is 0 Å². The Morgan fingerprint density at radius 2 is 1.85 bits per heavy atom. The summed E-state index contributed by atoms with van der Waals surface area (Å²) in [6.45, 7) is -0.0485. The summed E-state index contributed by atoms with van der Waals surface area (Å²) in [6.07, 6.45) is 0.563. The number of ether oxygens (including phenoxy) is 2. The Labute approximate surface area is 124 Å². The second-order valence-electron chi connectivity index (χ2n) is 4.49. The van der Waals surface area contributed by atoms with Crippen LogP contribution in [0.1, 0.15) is 5.56 Å². The zero-order chi connectivity index (χ0) is 13.8. The van der Waals surface area contributed by atoms with Crippen molar-refractivity contribution in [1.29, 1.82) is 0 Å². The molecule has 0 spiro atoms. The van der Waals surface area contributed by atoms with Gasteiger partial charge in [0, 0.05) is 11.4 Å². The molecule has 2 aromatic rings. The van der Waals surface area contributed by atoms with Crippen molar-refractivity contribution in [3.8, 4) is 11.5 Å². The molecule has 3 N–H and O–H groups in total. The van der Waals surface area contributed by atoms with Gasteiger partial charge in [-0.1, -0.05) is 12.1 Å². The molecule has 0 bridgehead atoms. The number of methoxy groups -OCH3 is 2. The Kier molecular flexibility index (Phi) is 6.07. The molecule has 1 atom stereocenters. The van der Waals surface area contributed by atoms with E-state index in [-0.39, 0.29) is 25.1 Å². The fraction of sp³-hybridized carbons (Fsp3) is 0.333. The topological polar surface area (TPSA) is 64.7 Å². The molecule has 0 aliphatic rings. The van der Waals surface area contributed by atoms with Crippen molar-refractivity contribution in [3.05, 3.63) is 35.9 Å². The lowest BCUT2D eigenvalue weighted by Gasteiger charge is -2.14. The first-order chi connectivity index (χ1) is 9.19. The van der Waals surface area contributed by atoms with E-state index < -0.39 is 0 Å². The highest BCUT2D eigenvalue weighted by molar-refractivity contribution is 5.90. The number of hydrogen-bond donors (Lipinski definition) is 2. The van der Waals surface area contributed by atoms with Crippen LogP contribution in [0.3, 0.4) is 0 Å². The largest absolute Gasteiger partial charge is 0.496 e. The van der Waals surface area contributed by atoms with Gasteiger partial charge in [-0.05, 0) is 35.6 Å². The predicted molar refractivity (Wildman–Crippen MR) is 83.1 cm³/mol. The number of fused-ring (bicyclic) bond motifs is 1. The van der Waals surface area contributed by atoms with Gasteiger partial charge in [0.25, 0.3) is 0 Å². The maximum Gasteiger partial charge on any atom is 0.126 e. The van der Waals surface area contributed by atoms with Crippen LogP contribution in [0.2, 0.25) is 0 Å². The summed E-state index contributed by atoms with van der Waals surface area (Å²) >= 11 is 0. The lowest BCUT2D eigenvalue weighted by atomic mass is 10.0. The molecule has 1 unspecified atom stereocenters. The summed E-state index contributed by atoms with van der Waals surface area (Å²) in [5.74, 6) is 1.60. The minimum absolute atomic E-state index is 0. The Bertz CT molecular complexity index is 574. The summed E-state index contributed by atoms with van der Waals surface area (Å²) in [4.78, 5) is 0. The second-order valence-corrected chi connectivity index (χ2v) is 4.49. The number of hydrogen-bond acceptors (Lipinski definition) is 4. The minimum atomic E-state index is -0.291. The Balaban J connectivity index is 0.00000200. The number of halogens is 1. The van der Waals surface area contributed by atoms with Crippen LogP contribution >= 0.6 is 12.4 Å². The smallest absolute Gasteiger partial charge is 0.126 e. The highest BCUT2D eigenvalue weighted by atomic mass is 35.5. The molecule has 20 heavy (non-hydrogen) atoms. The predicted octanol–water partition coefficient (Wildman–Crippen LogP) is 2.14. The van der Waals surface area contributed by atoms with Gasteiger partial charge in [-0.2, -0.15) is 0 Å². The van der Waals surface area contributed by atoms with E-state index in [1.807, 2.05) is 30.3 Å². The molecule has 0 aliphatic heterocycles. The number of nitrogens with two attached hydrogens (primary N) is 1. The molecule has 110 valence electrons. The average Bonchev–Trinajstić information content (AvgIpc) is 2.45. The molecule has 0 saturated heterocycles. The third kappa shape index (κ3) is 3.33. The van der Waals surface area contributed by atoms with E-state index in [1.54, 1.807) is 14.2 Å². The van der Waals surface area contributed by atoms with Crippen LogP contribution < -0.4 is 15.2 Å². The van der Waals surface area contributed by atoms with Crippen LogP contribution in [-0.2, 0) is 6.42 Å². The SMILES string of the molecule is COc1cc2cccc(OC)c2cc1CC(N)CO.Cl. The maximum atomic E-state index is 9.08. The average molecular weight is 298 g/mol. The third-order valence-electron chi connectivity index (χ3n) is 3.18. The van der Waals surface area contributed by atoms with Crippen molar-refractivity contribution < 1.29 is 14.6 Å². The lowest BCUT2D eigenvalue weighted by molar-refractivity contribution is 0.264. The molecule has 0 aromatic heterocycles. The highest BCUT2D eigenvalue weighted by Crippen LogP contribution is 2.32. The number of aliphatic hydroxyl groups excluding tert-OH is 1. The van der Waals surface area contributed by atoms with Crippen LogP contribution in [0, 0.1) is 0 Å². The zero-order valence-corrected chi connectivity index (χ0v) is 12.4. The number of aliphatic hydroxyl groups is 1. The van der Waals surface area contributed by atoms with E-state index in [2.05, 4.69) is 0 Å². The van der Waals surface area contributed by atoms with Crippen LogP contribution in [-0.4, -0.2) is 32.0 Å². The molecule has 4 nitrogen and oxygen atoms in total. The van der Waals surface area contributed by atoms with E-state index in [1.165, 1.54) is 0 Å². The number of benzene rings is 2. The first-order valence-corrected chi connectivity index (χ1v) is 6.19. The van der Waals surface area contributed by atoms with Crippen LogP contribution in [0.5, 0.6) is 11.5 Å². The van der Waals surface area contributed by atoms with E-state index in [0.717, 1.165) is 27.8 Å². The Hall–Kier alpha value is -1.49. The van der Waals surface area contributed by atoms with Crippen molar-refractivity contribution in [3.63, 3.8) is 0 Å². The van der Waals surface area contributed by atoms with Crippen molar-refractivity contribution >= 4 is 23.2 Å². The number of rotatable bonds is 5. The molecule has 0 saturated carbocycles. The summed E-state index contributed by atoms with van der Waals surface area (Å²) in [5, 5.41) is 11.2. The van der Waals surface area contributed by atoms with Gasteiger partial charge in [0.2, 0.25) is 0 Å². The van der Waals surface area contributed by atoms with Gasteiger partial charge < -0.3 is 20.3 Å². The first kappa shape index (κ1) is 16.6. The maximum absolute atomic E-state index is 9.08. The third-order valence-corrected chi connectivity index (χ3v) is 3.18. The lowest BCUT2D eigenvalue weighted by Crippen LogP contribution is -2.27. The fourth-order valence-electron chi connectivity index (χ4n) is 2.20. The van der Waals surface area contributed by atoms with Gasteiger partial charge in [-0.15, -0.1) is 12.4 Å². The Morgan fingerprint density at radius 3 is 2.45 bits per heavy atom. The van der Waals surface area contributed by atoms with E-state index in [9.17, 15) is 0 Å². The summed E-state index contributed by atoms with van der Waals surface area (Å²) in [6, 6.07) is 9.57. The monoisotopic (exact) mass is 297 g/mol. The Morgan fingerprint density at radius 1 is 1.15 bits per heavy atom. The fourth-order valence-corrected chi connectivity index (χ4v) is 2.20. The van der Waals surface area contributed by atoms with Crippen LogP contribution in [0.4, 0.5) is 0 Å². The quantitative estimate of drug-likeness (QED) is 0.887. The zero-order valence-electron chi connectivity index (χ0n) is 11.6. The molecule has 0 amide bonds. The van der Waals surface area contributed by atoms with E-state index in [4.69, 9.17) is 20.3 Å². The molecule has 0 radical (unpaired) electrons. The molecule has 2 aromatic carbocycles. The first-order valence-electron chi connectivity index (χ1n) is 6.19. The molecule has 5 heteroatoms. The van der Waals surface area contributed by atoms with Crippen molar-refractivity contribution in [1.82, 2.24) is 0 Å².